The second-order valence-electron chi connectivity index (χ2n) is 4.44. The van der Waals surface area contributed by atoms with Gasteiger partial charge in [0.15, 0.2) is 0 Å². The monoisotopic (exact) mass is 275 g/mol. The molecule has 19 heavy (non-hydrogen) atoms. The van der Waals surface area contributed by atoms with Crippen LogP contribution in [0.25, 0.3) is 0 Å². The molecule has 5 heteroatoms. The Morgan fingerprint density at radius 2 is 2.11 bits per heavy atom. The van der Waals surface area contributed by atoms with Crippen LogP contribution in [0.5, 0.6) is 0 Å². The Morgan fingerprint density at radius 1 is 1.32 bits per heavy atom. The molecule has 0 fully saturated rings. The predicted molar refractivity (Wildman–Crippen MR) is 71.0 cm³/mol. The first kappa shape index (κ1) is 12.0. The number of carbonyl (C=O) groups excluding carboxylic acids is 2. The number of thiophene rings is 1. The zero-order valence-corrected chi connectivity index (χ0v) is 11.0. The zero-order chi connectivity index (χ0) is 13.6. The molecule has 1 amide bonds. The van der Waals surface area contributed by atoms with Crippen LogP contribution in [0.1, 0.15) is 20.8 Å². The molecule has 3 nitrogen and oxygen atoms in total. The molecule has 0 radical (unpaired) electrons. The number of ketones is 1. The smallest absolute Gasteiger partial charge is 0.297 e. The van der Waals surface area contributed by atoms with Crippen LogP contribution in [0, 0.1) is 12.7 Å². The van der Waals surface area contributed by atoms with Crippen molar-refractivity contribution in [2.75, 3.05) is 4.90 Å². The fourth-order valence-corrected chi connectivity index (χ4v) is 2.92. The van der Waals surface area contributed by atoms with Crippen LogP contribution in [0.4, 0.5) is 10.1 Å². The van der Waals surface area contributed by atoms with Crippen LogP contribution in [-0.2, 0) is 11.3 Å². The summed E-state index contributed by atoms with van der Waals surface area (Å²) in [7, 11) is 0. The van der Waals surface area contributed by atoms with E-state index >= 15 is 0 Å². The number of benzene rings is 1. The van der Waals surface area contributed by atoms with Crippen LogP contribution >= 0.6 is 11.3 Å². The Hall–Kier alpha value is -2.01. The third-order valence-corrected chi connectivity index (χ3v) is 3.92. The van der Waals surface area contributed by atoms with Crippen molar-refractivity contribution in [3.05, 3.63) is 51.5 Å². The van der Waals surface area contributed by atoms with E-state index in [1.807, 2.05) is 17.5 Å². The van der Waals surface area contributed by atoms with Gasteiger partial charge in [-0.25, -0.2) is 4.39 Å². The van der Waals surface area contributed by atoms with Crippen LogP contribution < -0.4 is 4.90 Å². The van der Waals surface area contributed by atoms with E-state index in [9.17, 15) is 14.0 Å². The van der Waals surface area contributed by atoms with Gasteiger partial charge in [0.25, 0.3) is 11.7 Å². The molecule has 0 saturated heterocycles. The van der Waals surface area contributed by atoms with E-state index in [4.69, 9.17) is 0 Å². The molecule has 1 aromatic heterocycles. The number of amides is 1. The van der Waals surface area contributed by atoms with Crippen molar-refractivity contribution < 1.29 is 14.0 Å². The van der Waals surface area contributed by atoms with Gasteiger partial charge in [0.05, 0.1) is 17.8 Å². The maximum absolute atomic E-state index is 14.0. The molecule has 2 aromatic rings. The number of Topliss-reactive ketones (excluding diaryl/α,β-unsaturated/α-hetero) is 1. The molecule has 1 aliphatic heterocycles. The van der Waals surface area contributed by atoms with Crippen LogP contribution in [0.2, 0.25) is 0 Å². The highest BCUT2D eigenvalue weighted by Crippen LogP contribution is 2.34. The summed E-state index contributed by atoms with van der Waals surface area (Å²) in [5.41, 5.74) is 0.906. The minimum Gasteiger partial charge on any atom is -0.297 e. The van der Waals surface area contributed by atoms with Crippen LogP contribution in [0.3, 0.4) is 0 Å². The van der Waals surface area contributed by atoms with E-state index in [2.05, 4.69) is 0 Å². The quantitative estimate of drug-likeness (QED) is 0.790. The van der Waals surface area contributed by atoms with Gasteiger partial charge in [-0.15, -0.1) is 11.3 Å². The first-order valence-corrected chi connectivity index (χ1v) is 6.64. The van der Waals surface area contributed by atoms with E-state index in [0.717, 1.165) is 4.88 Å². The zero-order valence-electron chi connectivity index (χ0n) is 10.1. The van der Waals surface area contributed by atoms with Crippen molar-refractivity contribution in [2.24, 2.45) is 0 Å². The van der Waals surface area contributed by atoms with Gasteiger partial charge in [0.2, 0.25) is 0 Å². The average Bonchev–Trinajstić information content (AvgIpc) is 2.93. The molecule has 0 saturated carbocycles. The van der Waals surface area contributed by atoms with Crippen molar-refractivity contribution >= 4 is 28.7 Å². The third kappa shape index (κ3) is 1.86. The van der Waals surface area contributed by atoms with Crippen molar-refractivity contribution in [1.82, 2.24) is 0 Å². The van der Waals surface area contributed by atoms with Gasteiger partial charge < -0.3 is 0 Å². The van der Waals surface area contributed by atoms with E-state index in [0.29, 0.717) is 5.56 Å². The summed E-state index contributed by atoms with van der Waals surface area (Å²) < 4.78 is 14.0. The molecule has 2 heterocycles. The van der Waals surface area contributed by atoms with E-state index in [1.165, 1.54) is 22.3 Å². The fraction of sp³-hybridized carbons (Fsp3) is 0.143. The summed E-state index contributed by atoms with van der Waals surface area (Å²) in [4.78, 5) is 26.0. The molecule has 0 bridgehead atoms. The standard InChI is InChI=1S/C14H10FNO2S/c1-8-5-10-12(11(15)6-8)16(14(18)13(10)17)7-9-3-2-4-19-9/h2-6H,7H2,1H3. The first-order valence-electron chi connectivity index (χ1n) is 5.76. The van der Waals surface area contributed by atoms with Gasteiger partial charge in [0.1, 0.15) is 5.82 Å². The van der Waals surface area contributed by atoms with Crippen molar-refractivity contribution in [2.45, 2.75) is 13.5 Å². The maximum Gasteiger partial charge on any atom is 0.299 e. The molecule has 0 atom stereocenters. The number of hydrogen-bond donors (Lipinski definition) is 0. The number of carbonyl (C=O) groups is 2. The summed E-state index contributed by atoms with van der Waals surface area (Å²) in [6.07, 6.45) is 0. The number of anilines is 1. The molecular formula is C14H10FNO2S. The van der Waals surface area contributed by atoms with Crippen LogP contribution in [-0.4, -0.2) is 11.7 Å². The molecule has 0 unspecified atom stereocenters. The van der Waals surface area contributed by atoms with Crippen molar-refractivity contribution in [3.8, 4) is 0 Å². The molecule has 0 aliphatic carbocycles. The van der Waals surface area contributed by atoms with Gasteiger partial charge in [-0.1, -0.05) is 6.07 Å². The maximum atomic E-state index is 14.0. The predicted octanol–water partition coefficient (Wildman–Crippen LogP) is 2.93. The molecular weight excluding hydrogens is 265 g/mol. The fourth-order valence-electron chi connectivity index (χ4n) is 2.23. The Bertz CT molecular complexity index is 679. The number of fused-ring (bicyclic) bond motifs is 1. The normalized spacial score (nSPS) is 14.1. The van der Waals surface area contributed by atoms with Crippen molar-refractivity contribution in [3.63, 3.8) is 0 Å². The molecule has 0 spiro atoms. The summed E-state index contributed by atoms with van der Waals surface area (Å²) in [5.74, 6) is -1.81. The Morgan fingerprint density at radius 3 is 2.79 bits per heavy atom. The first-order chi connectivity index (χ1) is 9.08. The highest BCUT2D eigenvalue weighted by atomic mass is 32.1. The lowest BCUT2D eigenvalue weighted by Crippen LogP contribution is -2.29. The average molecular weight is 275 g/mol. The van der Waals surface area contributed by atoms with Gasteiger partial charge in [-0.3, -0.25) is 14.5 Å². The molecule has 96 valence electrons. The minimum atomic E-state index is -0.659. The van der Waals surface area contributed by atoms with Crippen LogP contribution in [0.15, 0.2) is 29.6 Å². The number of nitrogens with zero attached hydrogens (tertiary/aromatic N) is 1. The summed E-state index contributed by atoms with van der Waals surface area (Å²) >= 11 is 1.47. The summed E-state index contributed by atoms with van der Waals surface area (Å²) in [6.45, 7) is 1.93. The lowest BCUT2D eigenvalue weighted by molar-refractivity contribution is -0.114. The molecule has 1 aliphatic rings. The van der Waals surface area contributed by atoms with E-state index in [-0.39, 0.29) is 17.8 Å². The van der Waals surface area contributed by atoms with Gasteiger partial charge in [-0.05, 0) is 36.1 Å². The highest BCUT2D eigenvalue weighted by molar-refractivity contribution is 7.09. The Kier molecular flexibility index (Phi) is 2.71. The van der Waals surface area contributed by atoms with E-state index in [1.54, 1.807) is 13.0 Å². The van der Waals surface area contributed by atoms with Gasteiger partial charge in [-0.2, -0.15) is 0 Å². The number of halogens is 1. The topological polar surface area (TPSA) is 37.4 Å². The second-order valence-corrected chi connectivity index (χ2v) is 5.47. The summed E-state index contributed by atoms with van der Waals surface area (Å²) in [6, 6.07) is 6.61. The molecule has 1 aromatic carbocycles. The number of hydrogen-bond acceptors (Lipinski definition) is 3. The van der Waals surface area contributed by atoms with Gasteiger partial charge in [0, 0.05) is 4.88 Å². The minimum absolute atomic E-state index is 0.106. The third-order valence-electron chi connectivity index (χ3n) is 3.06. The SMILES string of the molecule is Cc1cc(F)c2c(c1)C(=O)C(=O)N2Cc1cccs1. The Balaban J connectivity index is 2.09. The van der Waals surface area contributed by atoms with E-state index < -0.39 is 17.5 Å². The second kappa shape index (κ2) is 4.28. The highest BCUT2D eigenvalue weighted by Gasteiger charge is 2.38. The largest absolute Gasteiger partial charge is 0.299 e. The number of aryl methyl sites for hydroxylation is 1. The summed E-state index contributed by atoms with van der Waals surface area (Å²) in [5, 5.41) is 1.88. The molecule has 3 rings (SSSR count). The lowest BCUT2D eigenvalue weighted by Gasteiger charge is -2.16. The Labute approximate surface area is 113 Å². The molecule has 0 N–H and O–H groups in total. The lowest BCUT2D eigenvalue weighted by atomic mass is 10.1. The van der Waals surface area contributed by atoms with Crippen molar-refractivity contribution in [1.29, 1.82) is 0 Å². The van der Waals surface area contributed by atoms with Gasteiger partial charge >= 0.3 is 0 Å². The number of rotatable bonds is 2.